The topological polar surface area (TPSA) is 42.0 Å². The van der Waals surface area contributed by atoms with Gasteiger partial charge in [0.2, 0.25) is 0 Å². The molecule has 0 spiro atoms. The van der Waals surface area contributed by atoms with Gasteiger partial charge >= 0.3 is 5.97 Å². The van der Waals surface area contributed by atoms with E-state index in [-0.39, 0.29) is 11.4 Å². The minimum atomic E-state index is -0.338. The maximum Gasteiger partial charge on any atom is 0.313 e. The van der Waals surface area contributed by atoms with Crippen molar-refractivity contribution in [1.29, 1.82) is 0 Å². The number of esters is 1. The van der Waals surface area contributed by atoms with E-state index in [0.717, 1.165) is 71.6 Å². The van der Waals surface area contributed by atoms with E-state index in [1.165, 1.54) is 11.1 Å². The van der Waals surface area contributed by atoms with Crippen molar-refractivity contribution in [2.24, 2.45) is 11.3 Å². The molecule has 2 saturated heterocycles. The normalized spacial score (nSPS) is 30.2. The summed E-state index contributed by atoms with van der Waals surface area (Å²) in [6.07, 6.45) is 4.24. The Morgan fingerprint density at radius 2 is 1.90 bits per heavy atom. The van der Waals surface area contributed by atoms with Gasteiger partial charge in [-0.05, 0) is 62.1 Å². The number of benzene rings is 1. The first kappa shape index (κ1) is 22.8. The van der Waals surface area contributed by atoms with Crippen LogP contribution < -0.4 is 0 Å². The van der Waals surface area contributed by atoms with E-state index in [9.17, 15) is 4.79 Å². The lowest BCUT2D eigenvalue weighted by Gasteiger charge is -2.52. The smallest absolute Gasteiger partial charge is 0.313 e. The van der Waals surface area contributed by atoms with Crippen LogP contribution in [0.4, 0.5) is 0 Å². The van der Waals surface area contributed by atoms with Crippen LogP contribution in [0.1, 0.15) is 63.5 Å². The first-order valence-electron chi connectivity index (χ1n) is 12.3. The number of carbonyl (C=O) groups excluding carboxylic acids is 1. The molecule has 0 aromatic heterocycles. The van der Waals surface area contributed by atoms with Crippen LogP contribution in [0.15, 0.2) is 24.3 Å². The summed E-state index contributed by atoms with van der Waals surface area (Å²) >= 11 is 0. The third-order valence-electron chi connectivity index (χ3n) is 7.86. The van der Waals surface area contributed by atoms with Crippen molar-refractivity contribution in [3.63, 3.8) is 0 Å². The quantitative estimate of drug-likeness (QED) is 0.639. The Labute approximate surface area is 188 Å². The second-order valence-corrected chi connectivity index (χ2v) is 10.0. The van der Waals surface area contributed by atoms with Gasteiger partial charge < -0.3 is 9.47 Å². The first-order chi connectivity index (χ1) is 15.0. The Balaban J connectivity index is 1.46. The summed E-state index contributed by atoms with van der Waals surface area (Å²) in [5, 5.41) is 0. The van der Waals surface area contributed by atoms with Crippen LogP contribution >= 0.6 is 0 Å². The number of rotatable bonds is 6. The van der Waals surface area contributed by atoms with Crippen molar-refractivity contribution < 1.29 is 14.3 Å². The van der Waals surface area contributed by atoms with Gasteiger partial charge in [-0.15, -0.1) is 0 Å². The molecule has 1 aromatic rings. The summed E-state index contributed by atoms with van der Waals surface area (Å²) in [4.78, 5) is 18.4. The molecule has 1 saturated carbocycles. The second-order valence-electron chi connectivity index (χ2n) is 10.0. The fraction of sp³-hybridized carbons (Fsp3) is 0.731. The van der Waals surface area contributed by atoms with Gasteiger partial charge in [0, 0.05) is 32.2 Å². The molecule has 2 heterocycles. The molecule has 3 fully saturated rings. The van der Waals surface area contributed by atoms with Gasteiger partial charge in [-0.25, -0.2) is 0 Å². The molecule has 1 aliphatic carbocycles. The molecule has 0 N–H and O–H groups in total. The highest BCUT2D eigenvalue weighted by molar-refractivity contribution is 5.78. The molecule has 4 rings (SSSR count). The van der Waals surface area contributed by atoms with Crippen molar-refractivity contribution >= 4 is 5.97 Å². The predicted molar refractivity (Wildman–Crippen MR) is 123 cm³/mol. The number of likely N-dealkylation sites (tertiary alicyclic amines) is 1. The molecular weight excluding hydrogens is 388 g/mol. The zero-order valence-corrected chi connectivity index (χ0v) is 19.6. The minimum Gasteiger partial charge on any atom is -0.466 e. The Kier molecular flexibility index (Phi) is 7.35. The molecule has 0 bridgehead atoms. The zero-order valence-electron chi connectivity index (χ0n) is 19.6. The van der Waals surface area contributed by atoms with Crippen LogP contribution in [-0.2, 0) is 20.8 Å². The molecule has 31 heavy (non-hydrogen) atoms. The number of morpholine rings is 1. The van der Waals surface area contributed by atoms with Crippen molar-refractivity contribution in [2.45, 2.75) is 65.0 Å². The molecule has 5 nitrogen and oxygen atoms in total. The minimum absolute atomic E-state index is 0.0419. The molecular formula is C26H40N2O3. The van der Waals surface area contributed by atoms with Crippen molar-refractivity contribution in [1.82, 2.24) is 9.80 Å². The third-order valence-corrected chi connectivity index (χ3v) is 7.86. The Morgan fingerprint density at radius 3 is 2.58 bits per heavy atom. The zero-order chi connectivity index (χ0) is 21.8. The summed E-state index contributed by atoms with van der Waals surface area (Å²) in [6.45, 7) is 13.4. The molecule has 172 valence electrons. The number of hydrogen-bond donors (Lipinski definition) is 0. The number of ether oxygens (including phenoxy) is 2. The van der Waals surface area contributed by atoms with E-state index < -0.39 is 0 Å². The monoisotopic (exact) mass is 428 g/mol. The number of piperidine rings is 1. The number of carbonyl (C=O) groups is 1. The van der Waals surface area contributed by atoms with Gasteiger partial charge in [0.15, 0.2) is 0 Å². The van der Waals surface area contributed by atoms with Crippen molar-refractivity contribution in [2.75, 3.05) is 46.0 Å². The van der Waals surface area contributed by atoms with E-state index in [1.807, 2.05) is 6.92 Å². The van der Waals surface area contributed by atoms with Gasteiger partial charge in [-0.1, -0.05) is 38.1 Å². The summed E-state index contributed by atoms with van der Waals surface area (Å²) in [7, 11) is 0. The standard InChI is InChI=1S/C26H40N2O3/c1-4-31-25(29)26-11-9-24(28-13-15-30-16-14-28)17-23(26)10-12-27(19-26)18-21-5-7-22(8-6-21)20(2)3/h5-8,20,23-24H,4,9-19H2,1-3H3/t23-,24+,26-/m1/s1. The van der Waals surface area contributed by atoms with Crippen molar-refractivity contribution in [3.8, 4) is 0 Å². The lowest BCUT2D eigenvalue weighted by molar-refractivity contribution is -0.170. The van der Waals surface area contributed by atoms with E-state index in [0.29, 0.717) is 24.5 Å². The highest BCUT2D eigenvalue weighted by Crippen LogP contribution is 2.48. The Hall–Kier alpha value is -1.43. The van der Waals surface area contributed by atoms with Crippen LogP contribution in [0, 0.1) is 11.3 Å². The van der Waals surface area contributed by atoms with Gasteiger partial charge in [0.1, 0.15) is 0 Å². The lowest BCUT2D eigenvalue weighted by atomic mass is 9.61. The Morgan fingerprint density at radius 1 is 1.16 bits per heavy atom. The lowest BCUT2D eigenvalue weighted by Crippen LogP contribution is -2.58. The maximum absolute atomic E-state index is 13.3. The average Bonchev–Trinajstić information content (AvgIpc) is 2.79. The van der Waals surface area contributed by atoms with Gasteiger partial charge in [-0.3, -0.25) is 14.6 Å². The SMILES string of the molecule is CCOC(=O)[C@@]12CC[C@H](N3CCOCC3)C[C@H]1CCN(Cc1ccc(C(C)C)cc1)C2. The summed E-state index contributed by atoms with van der Waals surface area (Å²) in [5.74, 6) is 1.02. The molecule has 0 unspecified atom stereocenters. The fourth-order valence-corrected chi connectivity index (χ4v) is 6.00. The predicted octanol–water partition coefficient (Wildman–Crippen LogP) is 4.07. The van der Waals surface area contributed by atoms with Crippen LogP contribution in [0.5, 0.6) is 0 Å². The Bertz CT molecular complexity index is 729. The average molecular weight is 429 g/mol. The molecule has 0 amide bonds. The highest BCUT2D eigenvalue weighted by Gasteiger charge is 2.53. The number of nitrogens with zero attached hydrogens (tertiary/aromatic N) is 2. The van der Waals surface area contributed by atoms with Crippen molar-refractivity contribution in [3.05, 3.63) is 35.4 Å². The van der Waals surface area contributed by atoms with Gasteiger partial charge in [0.05, 0.1) is 25.2 Å². The highest BCUT2D eigenvalue weighted by atomic mass is 16.5. The van der Waals surface area contributed by atoms with E-state index in [1.54, 1.807) is 0 Å². The van der Waals surface area contributed by atoms with Gasteiger partial charge in [0.25, 0.3) is 0 Å². The molecule has 0 radical (unpaired) electrons. The van der Waals surface area contributed by atoms with E-state index >= 15 is 0 Å². The summed E-state index contributed by atoms with van der Waals surface area (Å²) < 4.78 is 11.2. The van der Waals surface area contributed by atoms with Crippen LogP contribution in [0.3, 0.4) is 0 Å². The van der Waals surface area contributed by atoms with E-state index in [4.69, 9.17) is 9.47 Å². The number of fused-ring (bicyclic) bond motifs is 1. The molecule has 3 atom stereocenters. The largest absolute Gasteiger partial charge is 0.466 e. The second kappa shape index (κ2) is 10.0. The number of hydrogen-bond acceptors (Lipinski definition) is 5. The summed E-state index contributed by atoms with van der Waals surface area (Å²) in [5.41, 5.74) is 2.38. The fourth-order valence-electron chi connectivity index (χ4n) is 6.00. The third kappa shape index (κ3) is 4.99. The summed E-state index contributed by atoms with van der Waals surface area (Å²) in [6, 6.07) is 9.61. The maximum atomic E-state index is 13.3. The van der Waals surface area contributed by atoms with Crippen LogP contribution in [0.25, 0.3) is 0 Å². The molecule has 5 heteroatoms. The van der Waals surface area contributed by atoms with E-state index in [2.05, 4.69) is 47.9 Å². The molecule has 1 aromatic carbocycles. The molecule has 2 aliphatic heterocycles. The molecule has 3 aliphatic rings. The van der Waals surface area contributed by atoms with Crippen LogP contribution in [0.2, 0.25) is 0 Å². The van der Waals surface area contributed by atoms with Crippen LogP contribution in [-0.4, -0.2) is 67.8 Å². The first-order valence-corrected chi connectivity index (χ1v) is 12.3. The van der Waals surface area contributed by atoms with Gasteiger partial charge in [-0.2, -0.15) is 0 Å².